The van der Waals surface area contributed by atoms with Gasteiger partial charge >= 0.3 is 0 Å². The van der Waals surface area contributed by atoms with Crippen LogP contribution in [0.15, 0.2) is 75.4 Å². The van der Waals surface area contributed by atoms with Gasteiger partial charge in [0.05, 0.1) is 21.4 Å². The highest BCUT2D eigenvalue weighted by molar-refractivity contribution is 7.99. The van der Waals surface area contributed by atoms with E-state index in [9.17, 15) is 4.79 Å². The van der Waals surface area contributed by atoms with Crippen LogP contribution in [0.5, 0.6) is 0 Å². The maximum atomic E-state index is 13.2. The largest absolute Gasteiger partial charge is 0.284 e. The van der Waals surface area contributed by atoms with Gasteiger partial charge in [0.15, 0.2) is 0 Å². The molecule has 3 aromatic carbocycles. The first-order valence-electron chi connectivity index (χ1n) is 11.5. The summed E-state index contributed by atoms with van der Waals surface area (Å²) in [5, 5.41) is 3.07. The van der Waals surface area contributed by atoms with E-state index >= 15 is 0 Å². The van der Waals surface area contributed by atoms with Crippen LogP contribution in [0, 0.1) is 0 Å². The van der Waals surface area contributed by atoms with Crippen LogP contribution in [-0.4, -0.2) is 28.7 Å². The molecule has 0 aromatic heterocycles. The van der Waals surface area contributed by atoms with Gasteiger partial charge < -0.3 is 0 Å². The minimum atomic E-state index is -0.110. The summed E-state index contributed by atoms with van der Waals surface area (Å²) in [4.78, 5) is 20.3. The second-order valence-corrected chi connectivity index (χ2v) is 10.7. The normalized spacial score (nSPS) is 20.1. The predicted octanol–water partition coefficient (Wildman–Crippen LogP) is 7.53. The van der Waals surface area contributed by atoms with Gasteiger partial charge in [-0.3, -0.25) is 10.2 Å². The highest BCUT2D eigenvalue weighted by Gasteiger charge is 2.27. The molecule has 2 aliphatic rings. The van der Waals surface area contributed by atoms with Crippen molar-refractivity contribution in [2.75, 3.05) is 0 Å². The SMILES string of the molecule is C[C@@H]1CCC[C@H](C)N1NC(=O)c1ccc2c(c1)N=C(c1ccc(Cl)c(Cl)c1)c1ccccc1S2. The zero-order valence-corrected chi connectivity index (χ0v) is 21.3. The van der Waals surface area contributed by atoms with Gasteiger partial charge in [-0.2, -0.15) is 0 Å². The Hall–Kier alpha value is -2.31. The molecule has 1 fully saturated rings. The number of benzene rings is 3. The number of amides is 1. The lowest BCUT2D eigenvalue weighted by atomic mass is 10.00. The number of carbonyl (C=O) groups excluding carboxylic acids is 1. The Balaban J connectivity index is 1.54. The summed E-state index contributed by atoms with van der Waals surface area (Å²) in [5.41, 5.74) is 7.18. The number of aliphatic imine (C=N–C) groups is 1. The number of piperidine rings is 1. The number of nitrogens with one attached hydrogen (secondary N) is 1. The number of nitrogens with zero attached hydrogens (tertiary/aromatic N) is 2. The standard InChI is InChI=1S/C27H25Cl2N3OS/c1-16-6-5-7-17(2)32(16)31-27(33)19-11-13-25-23(15-19)30-26(18-10-12-21(28)22(29)14-18)20-8-3-4-9-24(20)34-25/h3-4,8-17H,5-7H2,1-2H3,(H,31,33)/t16-,17+. The average molecular weight is 510 g/mol. The molecule has 0 spiro atoms. The molecule has 0 bridgehead atoms. The summed E-state index contributed by atoms with van der Waals surface area (Å²) in [6.07, 6.45) is 3.36. The average Bonchev–Trinajstić information content (AvgIpc) is 2.99. The third-order valence-corrected chi connectivity index (χ3v) is 8.31. The first-order valence-corrected chi connectivity index (χ1v) is 13.0. The van der Waals surface area contributed by atoms with Crippen molar-refractivity contribution in [2.24, 2.45) is 4.99 Å². The second-order valence-electron chi connectivity index (χ2n) is 8.85. The van der Waals surface area contributed by atoms with E-state index in [0.717, 1.165) is 45.2 Å². The second kappa shape index (κ2) is 9.74. The first-order chi connectivity index (χ1) is 16.4. The molecule has 5 rings (SSSR count). The number of hydrogen-bond donors (Lipinski definition) is 1. The Bertz CT molecular complexity index is 1280. The molecule has 4 nitrogen and oxygen atoms in total. The highest BCUT2D eigenvalue weighted by Crippen LogP contribution is 2.42. The fourth-order valence-corrected chi connectivity index (χ4v) is 5.87. The van der Waals surface area contributed by atoms with Crippen LogP contribution >= 0.6 is 35.0 Å². The number of fused-ring (bicyclic) bond motifs is 2. The lowest BCUT2D eigenvalue weighted by molar-refractivity contribution is 0.0370. The Kier molecular flexibility index (Phi) is 6.72. The zero-order chi connectivity index (χ0) is 23.8. The third kappa shape index (κ3) is 4.63. The van der Waals surface area contributed by atoms with Gasteiger partial charge in [0, 0.05) is 38.6 Å². The lowest BCUT2D eigenvalue weighted by Gasteiger charge is -2.38. The van der Waals surface area contributed by atoms with Crippen LogP contribution in [0.4, 0.5) is 5.69 Å². The van der Waals surface area contributed by atoms with Gasteiger partial charge in [-0.1, -0.05) is 65.7 Å². The molecule has 1 saturated heterocycles. The zero-order valence-electron chi connectivity index (χ0n) is 19.0. The molecule has 2 atom stereocenters. The molecule has 0 radical (unpaired) electrons. The Morgan fingerprint density at radius 1 is 0.971 bits per heavy atom. The van der Waals surface area contributed by atoms with Gasteiger partial charge in [0.1, 0.15) is 0 Å². The summed E-state index contributed by atoms with van der Waals surface area (Å²) < 4.78 is 0. The van der Waals surface area contributed by atoms with Crippen LogP contribution in [0.2, 0.25) is 10.0 Å². The third-order valence-electron chi connectivity index (χ3n) is 6.43. The fraction of sp³-hybridized carbons (Fsp3) is 0.259. The Labute approximate surface area is 214 Å². The van der Waals surface area contributed by atoms with Gasteiger partial charge in [-0.25, -0.2) is 10.0 Å². The van der Waals surface area contributed by atoms with Crippen molar-refractivity contribution in [2.45, 2.75) is 55.0 Å². The van der Waals surface area contributed by atoms with Crippen molar-refractivity contribution in [3.05, 3.63) is 87.4 Å². The van der Waals surface area contributed by atoms with Crippen LogP contribution < -0.4 is 5.43 Å². The van der Waals surface area contributed by atoms with E-state index in [2.05, 4.69) is 36.4 Å². The van der Waals surface area contributed by atoms with Gasteiger partial charge in [-0.05, 0) is 63.1 Å². The molecule has 2 aliphatic heterocycles. The van der Waals surface area contributed by atoms with E-state index in [1.54, 1.807) is 17.8 Å². The minimum Gasteiger partial charge on any atom is -0.284 e. The lowest BCUT2D eigenvalue weighted by Crippen LogP contribution is -2.54. The molecular formula is C27H25Cl2N3OS. The van der Waals surface area contributed by atoms with Gasteiger partial charge in [0.2, 0.25) is 0 Å². The molecule has 0 aliphatic carbocycles. The molecule has 1 amide bonds. The maximum absolute atomic E-state index is 13.2. The van der Waals surface area contributed by atoms with E-state index < -0.39 is 0 Å². The Morgan fingerprint density at radius 3 is 2.50 bits per heavy atom. The van der Waals surface area contributed by atoms with Crippen molar-refractivity contribution in [1.82, 2.24) is 10.4 Å². The number of carbonyl (C=O) groups is 1. The number of rotatable bonds is 3. The van der Waals surface area contributed by atoms with Crippen molar-refractivity contribution >= 4 is 52.3 Å². The summed E-state index contributed by atoms with van der Waals surface area (Å²) in [6, 6.07) is 20.1. The quantitative estimate of drug-likeness (QED) is 0.310. The van der Waals surface area contributed by atoms with E-state index in [-0.39, 0.29) is 5.91 Å². The summed E-state index contributed by atoms with van der Waals surface area (Å²) in [7, 11) is 0. The number of hydrazine groups is 1. The maximum Gasteiger partial charge on any atom is 0.265 e. The molecule has 0 saturated carbocycles. The molecule has 1 N–H and O–H groups in total. The smallest absolute Gasteiger partial charge is 0.265 e. The fourth-order valence-electron chi connectivity index (χ4n) is 4.57. The molecule has 2 heterocycles. The minimum absolute atomic E-state index is 0.110. The van der Waals surface area contributed by atoms with Crippen LogP contribution in [0.3, 0.4) is 0 Å². The van der Waals surface area contributed by atoms with Gasteiger partial charge in [0.25, 0.3) is 5.91 Å². The highest BCUT2D eigenvalue weighted by atomic mass is 35.5. The van der Waals surface area contributed by atoms with Crippen LogP contribution in [0.1, 0.15) is 54.6 Å². The predicted molar refractivity (Wildman–Crippen MR) is 141 cm³/mol. The molecule has 0 unspecified atom stereocenters. The first kappa shape index (κ1) is 23.4. The summed E-state index contributed by atoms with van der Waals surface area (Å²) in [6.45, 7) is 4.32. The Morgan fingerprint density at radius 2 is 1.74 bits per heavy atom. The molecule has 34 heavy (non-hydrogen) atoms. The molecular weight excluding hydrogens is 485 g/mol. The monoisotopic (exact) mass is 509 g/mol. The molecule has 174 valence electrons. The van der Waals surface area contributed by atoms with E-state index in [1.807, 2.05) is 42.5 Å². The summed E-state index contributed by atoms with van der Waals surface area (Å²) in [5.74, 6) is -0.110. The summed E-state index contributed by atoms with van der Waals surface area (Å²) >= 11 is 14.1. The van der Waals surface area contributed by atoms with Crippen molar-refractivity contribution < 1.29 is 4.79 Å². The van der Waals surface area contributed by atoms with Crippen LogP contribution in [0.25, 0.3) is 0 Å². The number of halogens is 2. The van der Waals surface area contributed by atoms with E-state index in [0.29, 0.717) is 27.7 Å². The number of hydrogen-bond acceptors (Lipinski definition) is 4. The van der Waals surface area contributed by atoms with Crippen molar-refractivity contribution in [3.8, 4) is 0 Å². The van der Waals surface area contributed by atoms with E-state index in [4.69, 9.17) is 28.2 Å². The molecule has 3 aromatic rings. The molecule has 7 heteroatoms. The van der Waals surface area contributed by atoms with Crippen molar-refractivity contribution in [3.63, 3.8) is 0 Å². The topological polar surface area (TPSA) is 44.7 Å². The van der Waals surface area contributed by atoms with Gasteiger partial charge in [-0.15, -0.1) is 0 Å². The van der Waals surface area contributed by atoms with Crippen LogP contribution in [-0.2, 0) is 0 Å². The van der Waals surface area contributed by atoms with E-state index in [1.165, 1.54) is 6.42 Å². The van der Waals surface area contributed by atoms with Crippen molar-refractivity contribution in [1.29, 1.82) is 0 Å².